The van der Waals surface area contributed by atoms with Gasteiger partial charge in [0.2, 0.25) is 6.41 Å². The minimum Gasteiger partial charge on any atom is -0.356 e. The van der Waals surface area contributed by atoms with Gasteiger partial charge in [0.05, 0.1) is 0 Å². The molecule has 1 aliphatic heterocycles. The van der Waals surface area contributed by atoms with Gasteiger partial charge in [0.25, 0.3) is 0 Å². The highest BCUT2D eigenvalue weighted by Crippen LogP contribution is 2.41. The fourth-order valence-corrected chi connectivity index (χ4v) is 4.89. The number of amides is 1. The van der Waals surface area contributed by atoms with E-state index in [1.165, 1.54) is 38.5 Å². The number of carbonyl (C=O) groups excluding carboxylic acids is 1. The van der Waals surface area contributed by atoms with Crippen LogP contribution in [0.4, 0.5) is 0 Å². The molecule has 2 aliphatic carbocycles. The van der Waals surface area contributed by atoms with E-state index in [-0.39, 0.29) is 7.43 Å². The zero-order valence-electron chi connectivity index (χ0n) is 13.5. The van der Waals surface area contributed by atoms with Crippen LogP contribution in [0.1, 0.15) is 66.2 Å². The summed E-state index contributed by atoms with van der Waals surface area (Å²) in [5.74, 6) is 3.19. The molecule has 7 unspecified atom stereocenters. The predicted molar refractivity (Wildman–Crippen MR) is 88.9 cm³/mol. The molecule has 22 heavy (non-hydrogen) atoms. The van der Waals surface area contributed by atoms with Crippen LogP contribution in [0, 0.1) is 23.7 Å². The molecule has 3 aliphatic rings. The molecule has 128 valence electrons. The Labute approximate surface area is 135 Å². The van der Waals surface area contributed by atoms with Gasteiger partial charge in [-0.3, -0.25) is 9.63 Å². The van der Waals surface area contributed by atoms with Crippen LogP contribution in [-0.4, -0.2) is 30.3 Å². The molecule has 4 nitrogen and oxygen atoms in total. The third-order valence-corrected chi connectivity index (χ3v) is 6.11. The molecule has 0 aromatic rings. The summed E-state index contributed by atoms with van der Waals surface area (Å²) in [5, 5.41) is 5.16. The summed E-state index contributed by atoms with van der Waals surface area (Å²) < 4.78 is 0. The first kappa shape index (κ1) is 17.7. The molecule has 0 aromatic carbocycles. The summed E-state index contributed by atoms with van der Waals surface area (Å²) in [6, 6.07) is 1.08. The Balaban J connectivity index is 0.00000176. The molecule has 7 atom stereocenters. The van der Waals surface area contributed by atoms with Crippen molar-refractivity contribution < 1.29 is 9.63 Å². The summed E-state index contributed by atoms with van der Waals surface area (Å²) in [6.45, 7) is 5.54. The van der Waals surface area contributed by atoms with Crippen molar-refractivity contribution >= 4 is 6.41 Å². The van der Waals surface area contributed by atoms with Gasteiger partial charge in [-0.2, -0.15) is 5.06 Å². The molecule has 2 saturated carbocycles. The molecule has 3 fully saturated rings. The quantitative estimate of drug-likeness (QED) is 0.623. The summed E-state index contributed by atoms with van der Waals surface area (Å²) in [7, 11) is 0. The van der Waals surface area contributed by atoms with Crippen LogP contribution in [0.5, 0.6) is 0 Å². The van der Waals surface area contributed by atoms with Crippen molar-refractivity contribution in [2.24, 2.45) is 23.7 Å². The molecule has 1 amide bonds. The summed E-state index contributed by atoms with van der Waals surface area (Å²) in [5.41, 5.74) is 0. The number of hydrogen-bond donors (Lipinski definition) is 1. The standard InChI is InChI=1S/C17H30N2O2.CH4/c1-12-7-14(3-5-16(12)18-10-20)9-15-4-6-17(13(2)8-15)19-11-21-19;/h10,12-17H,3-9,11H2,1-2H3,(H,18,20);1H4. The van der Waals surface area contributed by atoms with E-state index in [4.69, 9.17) is 4.84 Å². The highest BCUT2D eigenvalue weighted by Gasteiger charge is 2.38. The van der Waals surface area contributed by atoms with Crippen LogP contribution in [0.25, 0.3) is 0 Å². The molecule has 1 N–H and O–H groups in total. The van der Waals surface area contributed by atoms with Crippen LogP contribution in [0.2, 0.25) is 0 Å². The van der Waals surface area contributed by atoms with E-state index in [1.54, 1.807) is 0 Å². The maximum absolute atomic E-state index is 10.6. The largest absolute Gasteiger partial charge is 0.356 e. The Hall–Kier alpha value is -0.610. The number of hydroxylamine groups is 2. The highest BCUT2D eigenvalue weighted by atomic mass is 16.8. The van der Waals surface area contributed by atoms with E-state index >= 15 is 0 Å². The molecule has 0 radical (unpaired) electrons. The Bertz CT molecular complexity index is 359. The van der Waals surface area contributed by atoms with Crippen LogP contribution in [0.3, 0.4) is 0 Å². The molecule has 0 spiro atoms. The first-order valence-corrected chi connectivity index (χ1v) is 8.76. The van der Waals surface area contributed by atoms with E-state index in [2.05, 4.69) is 24.2 Å². The van der Waals surface area contributed by atoms with E-state index in [1.807, 2.05) is 0 Å². The van der Waals surface area contributed by atoms with Gasteiger partial charge < -0.3 is 5.32 Å². The molecule has 1 heterocycles. The minimum absolute atomic E-state index is 0. The maximum Gasteiger partial charge on any atom is 0.207 e. The van der Waals surface area contributed by atoms with Crippen LogP contribution >= 0.6 is 0 Å². The van der Waals surface area contributed by atoms with Gasteiger partial charge in [-0.15, -0.1) is 0 Å². The van der Waals surface area contributed by atoms with Gasteiger partial charge in [0.1, 0.15) is 6.73 Å². The lowest BCUT2D eigenvalue weighted by Gasteiger charge is -2.38. The number of nitrogens with one attached hydrogen (secondary N) is 1. The van der Waals surface area contributed by atoms with Crippen molar-refractivity contribution in [1.82, 2.24) is 10.4 Å². The average Bonchev–Trinajstić information content (AvgIpc) is 3.27. The number of hydrogen-bond acceptors (Lipinski definition) is 3. The Morgan fingerprint density at radius 1 is 1.09 bits per heavy atom. The van der Waals surface area contributed by atoms with E-state index in [0.717, 1.165) is 37.3 Å². The van der Waals surface area contributed by atoms with Gasteiger partial charge in [-0.25, -0.2) is 0 Å². The van der Waals surface area contributed by atoms with E-state index in [0.29, 0.717) is 18.0 Å². The minimum atomic E-state index is 0. The fourth-order valence-electron chi connectivity index (χ4n) is 4.89. The second kappa shape index (κ2) is 7.78. The molecule has 4 heteroatoms. The van der Waals surface area contributed by atoms with Gasteiger partial charge in [-0.05, 0) is 68.6 Å². The van der Waals surface area contributed by atoms with Crippen molar-refractivity contribution in [2.75, 3.05) is 6.73 Å². The third-order valence-electron chi connectivity index (χ3n) is 6.11. The first-order valence-electron chi connectivity index (χ1n) is 8.76. The van der Waals surface area contributed by atoms with Crippen LogP contribution < -0.4 is 5.32 Å². The highest BCUT2D eigenvalue weighted by molar-refractivity contribution is 5.46. The van der Waals surface area contributed by atoms with E-state index in [9.17, 15) is 4.79 Å². The first-order chi connectivity index (χ1) is 10.2. The molecule has 0 bridgehead atoms. The zero-order valence-corrected chi connectivity index (χ0v) is 13.5. The Kier molecular flexibility index (Phi) is 6.27. The van der Waals surface area contributed by atoms with Crippen molar-refractivity contribution in [3.63, 3.8) is 0 Å². The normalized spacial score (nSPS) is 44.7. The molecular formula is C18H34N2O2. The van der Waals surface area contributed by atoms with Crippen molar-refractivity contribution in [3.05, 3.63) is 0 Å². The Morgan fingerprint density at radius 2 is 1.73 bits per heavy atom. The van der Waals surface area contributed by atoms with Crippen LogP contribution in [0.15, 0.2) is 0 Å². The van der Waals surface area contributed by atoms with Crippen molar-refractivity contribution in [1.29, 1.82) is 0 Å². The lowest BCUT2D eigenvalue weighted by Crippen LogP contribution is -2.39. The van der Waals surface area contributed by atoms with Gasteiger partial charge in [-0.1, -0.05) is 21.3 Å². The second-order valence-electron chi connectivity index (χ2n) is 7.68. The average molecular weight is 310 g/mol. The van der Waals surface area contributed by atoms with Gasteiger partial charge >= 0.3 is 0 Å². The number of nitrogens with zero attached hydrogens (tertiary/aromatic N) is 1. The number of rotatable bonds is 5. The molecule has 3 rings (SSSR count). The summed E-state index contributed by atoms with van der Waals surface area (Å²) in [6.07, 6.45) is 10.1. The molecule has 0 aromatic heterocycles. The molecular weight excluding hydrogens is 276 g/mol. The fraction of sp³-hybridized carbons (Fsp3) is 0.944. The number of carbonyl (C=O) groups is 1. The second-order valence-corrected chi connectivity index (χ2v) is 7.68. The van der Waals surface area contributed by atoms with Crippen molar-refractivity contribution in [3.8, 4) is 0 Å². The molecule has 1 saturated heterocycles. The smallest absolute Gasteiger partial charge is 0.207 e. The van der Waals surface area contributed by atoms with E-state index < -0.39 is 0 Å². The lowest BCUT2D eigenvalue weighted by atomic mass is 9.70. The Morgan fingerprint density at radius 3 is 2.27 bits per heavy atom. The predicted octanol–water partition coefficient (Wildman–Crippen LogP) is 3.57. The van der Waals surface area contributed by atoms with Crippen molar-refractivity contribution in [2.45, 2.75) is 78.3 Å². The third kappa shape index (κ3) is 4.23. The summed E-state index contributed by atoms with van der Waals surface area (Å²) >= 11 is 0. The van der Waals surface area contributed by atoms with Gasteiger partial charge in [0, 0.05) is 12.1 Å². The van der Waals surface area contributed by atoms with Gasteiger partial charge in [0.15, 0.2) is 0 Å². The summed E-state index contributed by atoms with van der Waals surface area (Å²) in [4.78, 5) is 16.0. The zero-order chi connectivity index (χ0) is 14.8. The monoisotopic (exact) mass is 310 g/mol. The lowest BCUT2D eigenvalue weighted by molar-refractivity contribution is -0.110. The topological polar surface area (TPSA) is 44.6 Å². The SMILES string of the molecule is C.CC1CC(CC2CCC(N3CO3)C(C)C2)CCC1NC=O. The maximum atomic E-state index is 10.6. The van der Waals surface area contributed by atoms with Crippen LogP contribution in [-0.2, 0) is 9.63 Å².